The molecule has 0 bridgehead atoms. The van der Waals surface area contributed by atoms with Gasteiger partial charge in [0.15, 0.2) is 0 Å². The van der Waals surface area contributed by atoms with Crippen molar-refractivity contribution in [2.75, 3.05) is 30.8 Å². The average Bonchev–Trinajstić information content (AvgIpc) is 2.24. The summed E-state index contributed by atoms with van der Waals surface area (Å²) in [6.07, 6.45) is 1.02. The van der Waals surface area contributed by atoms with E-state index in [-0.39, 0.29) is 0 Å². The first kappa shape index (κ1) is 11.9. The van der Waals surface area contributed by atoms with E-state index in [0.29, 0.717) is 0 Å². The van der Waals surface area contributed by atoms with Crippen LogP contribution < -0.4 is 11.1 Å². The van der Waals surface area contributed by atoms with Gasteiger partial charge in [0.2, 0.25) is 0 Å². The van der Waals surface area contributed by atoms with Crippen molar-refractivity contribution in [3.63, 3.8) is 0 Å². The zero-order valence-electron chi connectivity index (χ0n) is 9.55. The number of anilines is 2. The van der Waals surface area contributed by atoms with Crippen molar-refractivity contribution < 1.29 is 4.74 Å². The lowest BCUT2D eigenvalue weighted by Crippen LogP contribution is -2.07. The summed E-state index contributed by atoms with van der Waals surface area (Å²) in [5, 5.41) is 3.35. The Morgan fingerprint density at radius 1 is 1.40 bits per heavy atom. The molecule has 84 valence electrons. The first-order valence-electron chi connectivity index (χ1n) is 5.42. The van der Waals surface area contributed by atoms with E-state index in [1.165, 1.54) is 0 Å². The molecule has 0 fully saturated rings. The lowest BCUT2D eigenvalue weighted by molar-refractivity contribution is 0.147. The Hall–Kier alpha value is -1.22. The molecule has 0 aliphatic heterocycles. The first-order chi connectivity index (χ1) is 7.25. The minimum Gasteiger partial charge on any atom is -0.398 e. The Labute approximate surface area is 91.6 Å². The van der Waals surface area contributed by atoms with E-state index in [9.17, 15) is 0 Å². The van der Waals surface area contributed by atoms with E-state index in [1.807, 2.05) is 32.0 Å². The highest BCUT2D eigenvalue weighted by molar-refractivity contribution is 5.62. The normalized spacial score (nSPS) is 10.3. The number of nitrogen functional groups attached to an aromatic ring is 1. The van der Waals surface area contributed by atoms with Crippen LogP contribution in [-0.4, -0.2) is 19.8 Å². The highest BCUT2D eigenvalue weighted by Crippen LogP contribution is 2.20. The Kier molecular flexibility index (Phi) is 4.98. The molecule has 15 heavy (non-hydrogen) atoms. The van der Waals surface area contributed by atoms with Gasteiger partial charge in [-0.1, -0.05) is 6.07 Å². The number of hydrogen-bond acceptors (Lipinski definition) is 3. The molecule has 1 aromatic rings. The van der Waals surface area contributed by atoms with Gasteiger partial charge in [0, 0.05) is 31.1 Å². The SMILES string of the molecule is CCOCCCNc1cccc(N)c1C. The first-order valence-corrected chi connectivity index (χ1v) is 5.42. The van der Waals surface area contributed by atoms with E-state index in [1.54, 1.807) is 0 Å². The Bertz CT molecular complexity index is 300. The van der Waals surface area contributed by atoms with Gasteiger partial charge in [0.25, 0.3) is 0 Å². The number of benzene rings is 1. The molecule has 1 aromatic carbocycles. The fourth-order valence-corrected chi connectivity index (χ4v) is 1.39. The summed E-state index contributed by atoms with van der Waals surface area (Å²) in [4.78, 5) is 0. The highest BCUT2D eigenvalue weighted by atomic mass is 16.5. The Morgan fingerprint density at radius 2 is 2.20 bits per heavy atom. The van der Waals surface area contributed by atoms with Crippen LogP contribution in [0.15, 0.2) is 18.2 Å². The van der Waals surface area contributed by atoms with E-state index in [2.05, 4.69) is 5.32 Å². The lowest BCUT2D eigenvalue weighted by atomic mass is 10.1. The largest absolute Gasteiger partial charge is 0.398 e. The summed E-state index contributed by atoms with van der Waals surface area (Å²) in [7, 11) is 0. The van der Waals surface area contributed by atoms with Crippen LogP contribution in [-0.2, 0) is 4.74 Å². The van der Waals surface area contributed by atoms with Crippen LogP contribution in [0.2, 0.25) is 0 Å². The monoisotopic (exact) mass is 208 g/mol. The number of hydrogen-bond donors (Lipinski definition) is 2. The minimum absolute atomic E-state index is 0.789. The number of nitrogens with one attached hydrogen (secondary N) is 1. The Morgan fingerprint density at radius 3 is 2.93 bits per heavy atom. The molecule has 0 aromatic heterocycles. The van der Waals surface area contributed by atoms with Crippen molar-refractivity contribution in [3.05, 3.63) is 23.8 Å². The summed E-state index contributed by atoms with van der Waals surface area (Å²) in [5.41, 5.74) is 8.88. The molecule has 0 unspecified atom stereocenters. The lowest BCUT2D eigenvalue weighted by Gasteiger charge is -2.10. The summed E-state index contributed by atoms with van der Waals surface area (Å²) >= 11 is 0. The fourth-order valence-electron chi connectivity index (χ4n) is 1.39. The molecule has 0 saturated carbocycles. The number of ether oxygens (including phenoxy) is 1. The molecule has 0 aliphatic rings. The van der Waals surface area contributed by atoms with E-state index < -0.39 is 0 Å². The van der Waals surface area contributed by atoms with Gasteiger partial charge in [-0.05, 0) is 38.0 Å². The number of nitrogens with two attached hydrogens (primary N) is 1. The highest BCUT2D eigenvalue weighted by Gasteiger charge is 1.99. The summed E-state index contributed by atoms with van der Waals surface area (Å²) in [6.45, 7) is 6.56. The Balaban J connectivity index is 2.34. The van der Waals surface area contributed by atoms with Crippen molar-refractivity contribution in [2.24, 2.45) is 0 Å². The molecule has 3 nitrogen and oxygen atoms in total. The van der Waals surface area contributed by atoms with Gasteiger partial charge in [-0.3, -0.25) is 0 Å². The van der Waals surface area contributed by atoms with Crippen molar-refractivity contribution in [1.82, 2.24) is 0 Å². The van der Waals surface area contributed by atoms with Crippen molar-refractivity contribution in [1.29, 1.82) is 0 Å². The standard InChI is InChI=1S/C12H20N2O/c1-3-15-9-5-8-14-12-7-4-6-11(13)10(12)2/h4,6-7,14H,3,5,8-9,13H2,1-2H3. The molecule has 0 spiro atoms. The van der Waals surface area contributed by atoms with E-state index >= 15 is 0 Å². The summed E-state index contributed by atoms with van der Waals surface area (Å²) in [5.74, 6) is 0. The maximum absolute atomic E-state index is 5.81. The van der Waals surface area contributed by atoms with E-state index in [4.69, 9.17) is 10.5 Å². The second-order valence-corrected chi connectivity index (χ2v) is 3.50. The maximum atomic E-state index is 5.81. The number of rotatable bonds is 6. The molecule has 0 heterocycles. The minimum atomic E-state index is 0.789. The van der Waals surface area contributed by atoms with E-state index in [0.717, 1.165) is 43.1 Å². The van der Waals surface area contributed by atoms with Crippen LogP contribution >= 0.6 is 0 Å². The third-order valence-corrected chi connectivity index (χ3v) is 2.36. The zero-order chi connectivity index (χ0) is 11.1. The quantitative estimate of drug-likeness (QED) is 0.557. The van der Waals surface area contributed by atoms with Crippen LogP contribution in [0.3, 0.4) is 0 Å². The van der Waals surface area contributed by atoms with Gasteiger partial charge in [-0.15, -0.1) is 0 Å². The smallest absolute Gasteiger partial charge is 0.0482 e. The fraction of sp³-hybridized carbons (Fsp3) is 0.500. The molecule has 0 radical (unpaired) electrons. The predicted molar refractivity (Wildman–Crippen MR) is 65.2 cm³/mol. The molecule has 0 amide bonds. The predicted octanol–water partition coefficient (Wildman–Crippen LogP) is 2.42. The molecule has 0 atom stereocenters. The third kappa shape index (κ3) is 3.80. The molecule has 1 rings (SSSR count). The van der Waals surface area contributed by atoms with Crippen LogP contribution in [0.4, 0.5) is 11.4 Å². The molecule has 0 saturated heterocycles. The second-order valence-electron chi connectivity index (χ2n) is 3.50. The zero-order valence-corrected chi connectivity index (χ0v) is 9.55. The van der Waals surface area contributed by atoms with Gasteiger partial charge >= 0.3 is 0 Å². The second kappa shape index (κ2) is 6.30. The molecule has 3 N–H and O–H groups in total. The molecular weight excluding hydrogens is 188 g/mol. The van der Waals surface area contributed by atoms with Crippen molar-refractivity contribution >= 4 is 11.4 Å². The van der Waals surface area contributed by atoms with Gasteiger partial charge in [0.1, 0.15) is 0 Å². The summed E-state index contributed by atoms with van der Waals surface area (Å²) < 4.78 is 5.26. The maximum Gasteiger partial charge on any atom is 0.0482 e. The third-order valence-electron chi connectivity index (χ3n) is 2.36. The van der Waals surface area contributed by atoms with Gasteiger partial charge < -0.3 is 15.8 Å². The molecule has 3 heteroatoms. The van der Waals surface area contributed by atoms with Crippen LogP contribution in [0.1, 0.15) is 18.9 Å². The van der Waals surface area contributed by atoms with Crippen LogP contribution in [0.5, 0.6) is 0 Å². The van der Waals surface area contributed by atoms with Gasteiger partial charge in [-0.25, -0.2) is 0 Å². The van der Waals surface area contributed by atoms with Crippen molar-refractivity contribution in [3.8, 4) is 0 Å². The molecular formula is C12H20N2O. The summed E-state index contributed by atoms with van der Waals surface area (Å²) in [6, 6.07) is 5.93. The van der Waals surface area contributed by atoms with Crippen LogP contribution in [0, 0.1) is 6.92 Å². The van der Waals surface area contributed by atoms with Gasteiger partial charge in [0.05, 0.1) is 0 Å². The average molecular weight is 208 g/mol. The van der Waals surface area contributed by atoms with Crippen molar-refractivity contribution in [2.45, 2.75) is 20.3 Å². The van der Waals surface area contributed by atoms with Crippen LogP contribution in [0.25, 0.3) is 0 Å². The molecule has 0 aliphatic carbocycles. The van der Waals surface area contributed by atoms with Gasteiger partial charge in [-0.2, -0.15) is 0 Å². The topological polar surface area (TPSA) is 47.3 Å².